The molecular formula is C20H32ClN5O3. The minimum Gasteiger partial charge on any atom is -0.459 e. The average molecular weight is 426 g/mol. The molecular weight excluding hydrogens is 394 g/mol. The average Bonchev–Trinajstić information content (AvgIpc) is 2.69. The number of ether oxygens (including phenoxy) is 1. The van der Waals surface area contributed by atoms with Crippen LogP contribution in [0.25, 0.3) is 0 Å². The number of nitrogens with one attached hydrogen (secondary N) is 4. The summed E-state index contributed by atoms with van der Waals surface area (Å²) < 4.78 is 5.37. The number of carbonyl (C=O) groups excluding carboxylic acids is 2. The lowest BCUT2D eigenvalue weighted by Gasteiger charge is -2.21. The molecule has 8 nitrogen and oxygen atoms in total. The fraction of sp³-hybridized carbons (Fsp3) is 0.550. The molecule has 0 aliphatic heterocycles. The zero-order valence-electron chi connectivity index (χ0n) is 17.3. The smallest absolute Gasteiger partial charge is 0.328 e. The predicted molar refractivity (Wildman–Crippen MR) is 115 cm³/mol. The highest BCUT2D eigenvalue weighted by Gasteiger charge is 2.25. The van der Waals surface area contributed by atoms with Crippen LogP contribution >= 0.6 is 11.6 Å². The monoisotopic (exact) mass is 425 g/mol. The Morgan fingerprint density at radius 2 is 1.90 bits per heavy atom. The predicted octanol–water partition coefficient (Wildman–Crippen LogP) is 1.77. The highest BCUT2D eigenvalue weighted by molar-refractivity contribution is 6.30. The van der Waals surface area contributed by atoms with Crippen molar-refractivity contribution in [2.24, 2.45) is 11.7 Å². The van der Waals surface area contributed by atoms with E-state index in [4.69, 9.17) is 27.5 Å². The van der Waals surface area contributed by atoms with Crippen molar-refractivity contribution in [1.82, 2.24) is 16.0 Å². The van der Waals surface area contributed by atoms with Gasteiger partial charge in [-0.15, -0.1) is 0 Å². The summed E-state index contributed by atoms with van der Waals surface area (Å²) in [6.07, 6.45) is 1.51. The number of rotatable bonds is 11. The Labute approximate surface area is 177 Å². The number of esters is 1. The summed E-state index contributed by atoms with van der Waals surface area (Å²) in [4.78, 5) is 24.9. The van der Waals surface area contributed by atoms with E-state index < -0.39 is 18.1 Å². The second-order valence-corrected chi connectivity index (χ2v) is 7.66. The number of hydrogen-bond donors (Lipinski definition) is 5. The second kappa shape index (κ2) is 13.0. The zero-order valence-corrected chi connectivity index (χ0v) is 18.0. The van der Waals surface area contributed by atoms with Crippen LogP contribution in [0.3, 0.4) is 0 Å². The van der Waals surface area contributed by atoms with Crippen LogP contribution in [0.4, 0.5) is 0 Å². The molecule has 9 heteroatoms. The summed E-state index contributed by atoms with van der Waals surface area (Å²) in [5.41, 5.74) is 6.76. The van der Waals surface area contributed by atoms with Gasteiger partial charge in [-0.05, 0) is 42.9 Å². The third-order valence-electron chi connectivity index (χ3n) is 4.18. The minimum absolute atomic E-state index is 0.107. The van der Waals surface area contributed by atoms with Crippen molar-refractivity contribution in [2.45, 2.75) is 51.8 Å². The molecule has 0 fully saturated rings. The van der Waals surface area contributed by atoms with Crippen LogP contribution < -0.4 is 21.7 Å². The molecule has 0 saturated heterocycles. The van der Waals surface area contributed by atoms with Crippen LogP contribution in [0.5, 0.6) is 0 Å². The first kappa shape index (κ1) is 24.7. The molecule has 0 spiro atoms. The van der Waals surface area contributed by atoms with E-state index in [0.29, 0.717) is 30.8 Å². The van der Waals surface area contributed by atoms with Gasteiger partial charge in [-0.1, -0.05) is 37.6 Å². The summed E-state index contributed by atoms with van der Waals surface area (Å²) in [5, 5.41) is 16.3. The molecule has 1 rings (SSSR count). The second-order valence-electron chi connectivity index (χ2n) is 7.23. The molecule has 0 aliphatic rings. The lowest BCUT2D eigenvalue weighted by atomic mass is 10.0. The van der Waals surface area contributed by atoms with Crippen LogP contribution in [0, 0.1) is 11.3 Å². The van der Waals surface area contributed by atoms with Crippen LogP contribution in [-0.2, 0) is 20.9 Å². The summed E-state index contributed by atoms with van der Waals surface area (Å²) >= 11 is 5.85. The molecule has 1 aromatic rings. The van der Waals surface area contributed by atoms with Gasteiger partial charge in [0.25, 0.3) is 0 Å². The first-order valence-electron chi connectivity index (χ1n) is 9.70. The maximum Gasteiger partial charge on any atom is 0.328 e. The molecule has 0 aromatic heterocycles. The van der Waals surface area contributed by atoms with Crippen LogP contribution in [0.2, 0.25) is 5.02 Å². The topological polar surface area (TPSA) is 129 Å². The largest absolute Gasteiger partial charge is 0.459 e. The summed E-state index contributed by atoms with van der Waals surface area (Å²) in [7, 11) is 1.65. The zero-order chi connectivity index (χ0) is 21.8. The van der Waals surface area contributed by atoms with Crippen LogP contribution in [0.15, 0.2) is 24.3 Å². The maximum absolute atomic E-state index is 12.5. The third kappa shape index (κ3) is 10.1. The van der Waals surface area contributed by atoms with E-state index in [2.05, 4.69) is 16.0 Å². The van der Waals surface area contributed by atoms with Crippen molar-refractivity contribution in [3.63, 3.8) is 0 Å². The Bertz CT molecular complexity index is 667. The van der Waals surface area contributed by atoms with Gasteiger partial charge in [0.2, 0.25) is 5.91 Å². The molecule has 0 unspecified atom stereocenters. The molecule has 0 aliphatic carbocycles. The van der Waals surface area contributed by atoms with E-state index in [1.807, 2.05) is 13.8 Å². The maximum atomic E-state index is 12.5. The van der Waals surface area contributed by atoms with E-state index in [1.165, 1.54) is 0 Å². The van der Waals surface area contributed by atoms with Gasteiger partial charge in [0.15, 0.2) is 5.96 Å². The number of amides is 1. The summed E-state index contributed by atoms with van der Waals surface area (Å²) in [6, 6.07) is 5.52. The molecule has 0 radical (unpaired) electrons. The first-order chi connectivity index (χ1) is 13.7. The molecule has 6 N–H and O–H groups in total. The van der Waals surface area contributed by atoms with Gasteiger partial charge in [0.1, 0.15) is 12.6 Å². The van der Waals surface area contributed by atoms with Crippen molar-refractivity contribution < 1.29 is 14.3 Å². The standard InChI is InChI=1S/C20H32ClN5O3/c1-13(2)11-17(19(28)29-12-14-6-8-15(21)9-7-14)26-18(27)16(22)5-4-10-25-20(23)24-3/h6-9,13,16-17H,4-5,10-12,22H2,1-3H3,(H,26,27)(H3,23,24,25)/t16-,17+/m1/s1. The SMILES string of the molecule is CNC(=N)NCCC[C@@H](N)C(=O)N[C@@H](CC(C)C)C(=O)OCc1ccc(Cl)cc1. The Morgan fingerprint density at radius 1 is 1.24 bits per heavy atom. The van der Waals surface area contributed by atoms with Crippen molar-refractivity contribution >= 4 is 29.4 Å². The number of hydrogen-bond acceptors (Lipinski definition) is 5. The molecule has 29 heavy (non-hydrogen) atoms. The fourth-order valence-electron chi connectivity index (χ4n) is 2.55. The fourth-order valence-corrected chi connectivity index (χ4v) is 2.68. The number of guanidine groups is 1. The van der Waals surface area contributed by atoms with Crippen LogP contribution in [0.1, 0.15) is 38.7 Å². The normalized spacial score (nSPS) is 12.8. The molecule has 0 heterocycles. The molecule has 162 valence electrons. The van der Waals surface area contributed by atoms with E-state index in [0.717, 1.165) is 5.56 Å². The Kier molecular flexibility index (Phi) is 11.1. The number of carbonyl (C=O) groups is 2. The third-order valence-corrected chi connectivity index (χ3v) is 4.43. The number of benzene rings is 1. The van der Waals surface area contributed by atoms with E-state index in [-0.39, 0.29) is 24.4 Å². The molecule has 0 bridgehead atoms. The first-order valence-corrected chi connectivity index (χ1v) is 10.1. The molecule has 2 atom stereocenters. The lowest BCUT2D eigenvalue weighted by molar-refractivity contribution is -0.149. The Hall–Kier alpha value is -2.32. The van der Waals surface area contributed by atoms with E-state index in [1.54, 1.807) is 31.3 Å². The lowest BCUT2D eigenvalue weighted by Crippen LogP contribution is -2.49. The van der Waals surface area contributed by atoms with Gasteiger partial charge in [0, 0.05) is 18.6 Å². The molecule has 1 amide bonds. The molecule has 0 saturated carbocycles. The Balaban J connectivity index is 2.53. The van der Waals surface area contributed by atoms with Crippen molar-refractivity contribution in [3.05, 3.63) is 34.9 Å². The quantitative estimate of drug-likeness (QED) is 0.159. The van der Waals surface area contributed by atoms with Gasteiger partial charge < -0.3 is 26.4 Å². The van der Waals surface area contributed by atoms with Crippen molar-refractivity contribution in [2.75, 3.05) is 13.6 Å². The van der Waals surface area contributed by atoms with Crippen molar-refractivity contribution in [3.8, 4) is 0 Å². The van der Waals surface area contributed by atoms with E-state index >= 15 is 0 Å². The minimum atomic E-state index is -0.753. The van der Waals surface area contributed by atoms with Gasteiger partial charge >= 0.3 is 5.97 Å². The molecule has 1 aromatic carbocycles. The summed E-state index contributed by atoms with van der Waals surface area (Å²) in [6.45, 7) is 4.57. The van der Waals surface area contributed by atoms with Gasteiger partial charge in [0.05, 0.1) is 6.04 Å². The highest BCUT2D eigenvalue weighted by Crippen LogP contribution is 2.12. The number of nitrogens with two attached hydrogens (primary N) is 1. The van der Waals surface area contributed by atoms with Gasteiger partial charge in [-0.25, -0.2) is 4.79 Å². The van der Waals surface area contributed by atoms with Crippen molar-refractivity contribution in [1.29, 1.82) is 5.41 Å². The highest BCUT2D eigenvalue weighted by atomic mass is 35.5. The van der Waals surface area contributed by atoms with Gasteiger partial charge in [-0.3, -0.25) is 10.2 Å². The van der Waals surface area contributed by atoms with Gasteiger partial charge in [-0.2, -0.15) is 0 Å². The summed E-state index contributed by atoms with van der Waals surface area (Å²) in [5.74, 6) is -0.471. The Morgan fingerprint density at radius 3 is 2.48 bits per heavy atom. The van der Waals surface area contributed by atoms with E-state index in [9.17, 15) is 9.59 Å². The van der Waals surface area contributed by atoms with Crippen LogP contribution in [-0.4, -0.2) is 43.5 Å². The number of halogens is 1.